The molecule has 2 N–H and O–H groups in total. The molecule has 0 radical (unpaired) electrons. The predicted octanol–water partition coefficient (Wildman–Crippen LogP) is 3.11. The van der Waals surface area contributed by atoms with Crippen molar-refractivity contribution in [2.24, 2.45) is 11.3 Å². The molecule has 1 aliphatic rings. The zero-order chi connectivity index (χ0) is 15.5. The lowest BCUT2D eigenvalue weighted by molar-refractivity contribution is -0.135. The van der Waals surface area contributed by atoms with Gasteiger partial charge in [0.2, 0.25) is 0 Å². The lowest BCUT2D eigenvalue weighted by atomic mass is 9.85. The molecule has 2 rings (SSSR count). The first-order valence-electron chi connectivity index (χ1n) is 7.99. The molecule has 0 spiro atoms. The lowest BCUT2D eigenvalue weighted by Gasteiger charge is -2.41. The number of hydrogen-bond acceptors (Lipinski definition) is 3. The number of aliphatic hydroxyl groups excluding tert-OH is 1. The molecule has 1 atom stereocenters. The van der Waals surface area contributed by atoms with Gasteiger partial charge in [0, 0.05) is 12.6 Å². The minimum atomic E-state index is -0.0784. The van der Waals surface area contributed by atoms with Crippen molar-refractivity contribution >= 4 is 0 Å². The number of aliphatic hydroxyl groups is 1. The molecule has 0 aliphatic carbocycles. The Morgan fingerprint density at radius 3 is 2.05 bits per heavy atom. The Hall–Kier alpha value is -0.900. The third-order valence-corrected chi connectivity index (χ3v) is 4.48. The molecule has 118 valence electrons. The van der Waals surface area contributed by atoms with Crippen LogP contribution >= 0.6 is 0 Å². The highest BCUT2D eigenvalue weighted by Crippen LogP contribution is 2.29. The molecule has 1 aromatic carbocycles. The quantitative estimate of drug-likeness (QED) is 0.811. The van der Waals surface area contributed by atoms with Gasteiger partial charge in [0.25, 0.3) is 0 Å². The summed E-state index contributed by atoms with van der Waals surface area (Å²) in [5, 5.41) is 13.2. The molecule has 1 fully saturated rings. The average Bonchev–Trinajstić information content (AvgIpc) is 2.42. The molecule has 3 heteroatoms. The summed E-state index contributed by atoms with van der Waals surface area (Å²) in [6.07, 6.45) is 0. The van der Waals surface area contributed by atoms with Gasteiger partial charge in [-0.15, -0.1) is 0 Å². The van der Waals surface area contributed by atoms with Crippen molar-refractivity contribution in [3.63, 3.8) is 0 Å². The van der Waals surface area contributed by atoms with E-state index in [4.69, 9.17) is 4.74 Å². The van der Waals surface area contributed by atoms with Crippen LogP contribution in [0.3, 0.4) is 0 Å². The van der Waals surface area contributed by atoms with E-state index in [0.29, 0.717) is 31.1 Å². The molecule has 0 amide bonds. The van der Waals surface area contributed by atoms with E-state index in [0.717, 1.165) is 6.54 Å². The summed E-state index contributed by atoms with van der Waals surface area (Å²) < 4.78 is 5.27. The van der Waals surface area contributed by atoms with E-state index in [1.165, 1.54) is 11.1 Å². The first-order valence-corrected chi connectivity index (χ1v) is 7.99. The molecule has 0 bridgehead atoms. The van der Waals surface area contributed by atoms with Crippen LogP contribution in [-0.2, 0) is 4.74 Å². The van der Waals surface area contributed by atoms with E-state index in [-0.39, 0.29) is 12.0 Å². The van der Waals surface area contributed by atoms with Crippen LogP contribution < -0.4 is 5.32 Å². The Bertz CT molecular complexity index is 430. The molecule has 1 aliphatic heterocycles. The summed E-state index contributed by atoms with van der Waals surface area (Å²) in [5.74, 6) is 1.07. The molecule has 1 heterocycles. The zero-order valence-electron chi connectivity index (χ0n) is 13.7. The first-order chi connectivity index (χ1) is 9.97. The van der Waals surface area contributed by atoms with Crippen LogP contribution in [-0.4, -0.2) is 31.5 Å². The Morgan fingerprint density at radius 2 is 1.67 bits per heavy atom. The summed E-state index contributed by atoms with van der Waals surface area (Å²) in [6.45, 7) is 11.2. The van der Waals surface area contributed by atoms with E-state index in [1.807, 2.05) is 0 Å². The van der Waals surface area contributed by atoms with E-state index in [2.05, 4.69) is 57.3 Å². The highest BCUT2D eigenvalue weighted by molar-refractivity contribution is 5.27. The zero-order valence-corrected chi connectivity index (χ0v) is 13.7. The molecular formula is C18H29NO2. The molecule has 3 nitrogen and oxygen atoms in total. The topological polar surface area (TPSA) is 41.5 Å². The molecular weight excluding hydrogens is 262 g/mol. The molecule has 1 unspecified atom stereocenters. The molecule has 0 aromatic heterocycles. The van der Waals surface area contributed by atoms with Gasteiger partial charge in [-0.25, -0.2) is 0 Å². The number of rotatable bonds is 7. The first kappa shape index (κ1) is 16.5. The Balaban J connectivity index is 2.04. The van der Waals surface area contributed by atoms with Crippen molar-refractivity contribution < 1.29 is 9.84 Å². The van der Waals surface area contributed by atoms with Crippen molar-refractivity contribution in [3.05, 3.63) is 35.4 Å². The molecule has 1 aromatic rings. The second kappa shape index (κ2) is 6.91. The van der Waals surface area contributed by atoms with E-state index < -0.39 is 0 Å². The van der Waals surface area contributed by atoms with E-state index in [1.54, 1.807) is 0 Å². The van der Waals surface area contributed by atoms with Gasteiger partial charge in [0.15, 0.2) is 0 Å². The van der Waals surface area contributed by atoms with Gasteiger partial charge in [-0.1, -0.05) is 52.0 Å². The smallest absolute Gasteiger partial charge is 0.0579 e. The van der Waals surface area contributed by atoms with Gasteiger partial charge < -0.3 is 15.2 Å². The van der Waals surface area contributed by atoms with Crippen LogP contribution in [0.5, 0.6) is 0 Å². The Morgan fingerprint density at radius 1 is 1.10 bits per heavy atom. The third kappa shape index (κ3) is 3.85. The fraction of sp³-hybridized carbons (Fsp3) is 0.667. The monoisotopic (exact) mass is 291 g/mol. The second-order valence-electron chi connectivity index (χ2n) is 7.07. The maximum absolute atomic E-state index is 9.54. The minimum Gasteiger partial charge on any atom is -0.396 e. The Labute approximate surface area is 128 Å². The standard InChI is InChI=1S/C18H29NO2/c1-13(2)15-5-7-16(8-6-15)17(14(3)4)19-9-18(10-20)11-21-12-18/h5-8,13-14,17,19-20H,9-12H2,1-4H3. The number of benzene rings is 1. The van der Waals surface area contributed by atoms with Crippen LogP contribution in [0, 0.1) is 11.3 Å². The van der Waals surface area contributed by atoms with Crippen LogP contribution in [0.25, 0.3) is 0 Å². The van der Waals surface area contributed by atoms with E-state index in [9.17, 15) is 5.11 Å². The van der Waals surface area contributed by atoms with Crippen molar-refractivity contribution in [1.29, 1.82) is 0 Å². The fourth-order valence-corrected chi connectivity index (χ4v) is 2.79. The second-order valence-corrected chi connectivity index (χ2v) is 7.07. The van der Waals surface area contributed by atoms with Crippen molar-refractivity contribution in [1.82, 2.24) is 5.32 Å². The minimum absolute atomic E-state index is 0.0784. The highest BCUT2D eigenvalue weighted by atomic mass is 16.5. The number of hydrogen-bond donors (Lipinski definition) is 2. The van der Waals surface area contributed by atoms with Crippen LogP contribution in [0.4, 0.5) is 0 Å². The summed E-state index contributed by atoms with van der Waals surface area (Å²) in [7, 11) is 0. The van der Waals surface area contributed by atoms with Gasteiger partial charge in [-0.2, -0.15) is 0 Å². The molecule has 0 saturated carbocycles. The van der Waals surface area contributed by atoms with Crippen LogP contribution in [0.1, 0.15) is 50.8 Å². The van der Waals surface area contributed by atoms with Gasteiger partial charge in [0.05, 0.1) is 25.2 Å². The molecule has 1 saturated heterocycles. The fourth-order valence-electron chi connectivity index (χ4n) is 2.79. The summed E-state index contributed by atoms with van der Waals surface area (Å²) in [4.78, 5) is 0. The van der Waals surface area contributed by atoms with Crippen molar-refractivity contribution in [3.8, 4) is 0 Å². The van der Waals surface area contributed by atoms with Gasteiger partial charge in [0.1, 0.15) is 0 Å². The predicted molar refractivity (Wildman–Crippen MR) is 86.5 cm³/mol. The SMILES string of the molecule is CC(C)c1ccc(C(NCC2(CO)COC2)C(C)C)cc1. The normalized spacial score (nSPS) is 18.8. The largest absolute Gasteiger partial charge is 0.396 e. The highest BCUT2D eigenvalue weighted by Gasteiger charge is 2.38. The third-order valence-electron chi connectivity index (χ3n) is 4.48. The van der Waals surface area contributed by atoms with Gasteiger partial charge in [-0.05, 0) is 23.0 Å². The maximum atomic E-state index is 9.54. The van der Waals surface area contributed by atoms with Crippen molar-refractivity contribution in [2.45, 2.75) is 39.7 Å². The summed E-state index contributed by atoms with van der Waals surface area (Å²) in [6, 6.07) is 9.23. The average molecular weight is 291 g/mol. The molecule has 21 heavy (non-hydrogen) atoms. The van der Waals surface area contributed by atoms with Crippen LogP contribution in [0.2, 0.25) is 0 Å². The van der Waals surface area contributed by atoms with Gasteiger partial charge in [-0.3, -0.25) is 0 Å². The lowest BCUT2D eigenvalue weighted by Crippen LogP contribution is -2.53. The maximum Gasteiger partial charge on any atom is 0.0579 e. The van der Waals surface area contributed by atoms with Crippen LogP contribution in [0.15, 0.2) is 24.3 Å². The summed E-state index contributed by atoms with van der Waals surface area (Å²) in [5.41, 5.74) is 2.62. The van der Waals surface area contributed by atoms with E-state index >= 15 is 0 Å². The summed E-state index contributed by atoms with van der Waals surface area (Å²) >= 11 is 0. The van der Waals surface area contributed by atoms with Crippen molar-refractivity contribution in [2.75, 3.05) is 26.4 Å². The Kier molecular flexibility index (Phi) is 5.42. The van der Waals surface area contributed by atoms with Gasteiger partial charge >= 0.3 is 0 Å². The number of ether oxygens (including phenoxy) is 1. The number of nitrogens with one attached hydrogen (secondary N) is 1.